The Morgan fingerprint density at radius 1 is 1.22 bits per heavy atom. The number of aromatic amines is 1. The zero-order valence-electron chi connectivity index (χ0n) is 17.1. The SMILES string of the molecule is CCOc1ccccc1NC(=O)C1CC(=O)Nc2nc(Nc3cccc(Cl)c3)[nH]c(=O)c21. The first-order valence-electron chi connectivity index (χ1n) is 9.94. The summed E-state index contributed by atoms with van der Waals surface area (Å²) in [5.74, 6) is -1.28. The molecule has 0 radical (unpaired) electrons. The van der Waals surface area contributed by atoms with Gasteiger partial charge in [-0.15, -0.1) is 0 Å². The zero-order valence-corrected chi connectivity index (χ0v) is 17.8. The van der Waals surface area contributed by atoms with Crippen molar-refractivity contribution in [3.8, 4) is 5.75 Å². The molecule has 9 nitrogen and oxygen atoms in total. The number of carbonyl (C=O) groups excluding carboxylic acids is 2. The lowest BCUT2D eigenvalue weighted by molar-refractivity contribution is -0.123. The summed E-state index contributed by atoms with van der Waals surface area (Å²) in [7, 11) is 0. The third-order valence-electron chi connectivity index (χ3n) is 4.80. The normalized spacial score (nSPS) is 14.8. The highest BCUT2D eigenvalue weighted by molar-refractivity contribution is 6.30. The average Bonchev–Trinajstić information content (AvgIpc) is 2.74. The lowest BCUT2D eigenvalue weighted by atomic mass is 9.92. The third-order valence-corrected chi connectivity index (χ3v) is 5.03. The van der Waals surface area contributed by atoms with E-state index < -0.39 is 23.3 Å². The topological polar surface area (TPSA) is 125 Å². The van der Waals surface area contributed by atoms with E-state index in [-0.39, 0.29) is 23.8 Å². The van der Waals surface area contributed by atoms with E-state index in [1.807, 2.05) is 6.92 Å². The minimum Gasteiger partial charge on any atom is -0.492 e. The molecule has 0 bridgehead atoms. The fourth-order valence-electron chi connectivity index (χ4n) is 3.43. The summed E-state index contributed by atoms with van der Waals surface area (Å²) in [5.41, 5.74) is 0.616. The van der Waals surface area contributed by atoms with Gasteiger partial charge in [-0.25, -0.2) is 0 Å². The quantitative estimate of drug-likeness (QED) is 0.451. The number of nitrogens with zero attached hydrogens (tertiary/aromatic N) is 1. The highest BCUT2D eigenvalue weighted by atomic mass is 35.5. The van der Waals surface area contributed by atoms with Crippen molar-refractivity contribution in [2.75, 3.05) is 22.6 Å². The summed E-state index contributed by atoms with van der Waals surface area (Å²) < 4.78 is 5.53. The van der Waals surface area contributed by atoms with Gasteiger partial charge in [0.1, 0.15) is 11.6 Å². The number of benzene rings is 2. The van der Waals surface area contributed by atoms with E-state index in [4.69, 9.17) is 16.3 Å². The van der Waals surface area contributed by atoms with Crippen LogP contribution in [0.1, 0.15) is 24.8 Å². The molecular weight excluding hydrogens is 434 g/mol. The van der Waals surface area contributed by atoms with Crippen LogP contribution in [0.25, 0.3) is 0 Å². The molecule has 2 amide bonds. The number of H-pyrrole nitrogens is 1. The van der Waals surface area contributed by atoms with Gasteiger partial charge in [-0.1, -0.05) is 29.8 Å². The summed E-state index contributed by atoms with van der Waals surface area (Å²) in [6.07, 6.45) is -0.179. The number of nitrogens with one attached hydrogen (secondary N) is 4. The van der Waals surface area contributed by atoms with Crippen LogP contribution in [0.2, 0.25) is 5.02 Å². The molecule has 2 aromatic carbocycles. The average molecular weight is 454 g/mol. The van der Waals surface area contributed by atoms with E-state index in [1.54, 1.807) is 48.5 Å². The van der Waals surface area contributed by atoms with Crippen molar-refractivity contribution in [2.45, 2.75) is 19.3 Å². The first-order chi connectivity index (χ1) is 15.4. The molecule has 10 heteroatoms. The maximum absolute atomic E-state index is 13.0. The Labute approximate surface area is 188 Å². The maximum Gasteiger partial charge on any atom is 0.258 e. The fraction of sp³-hybridized carbons (Fsp3) is 0.182. The van der Waals surface area contributed by atoms with Crippen LogP contribution in [-0.4, -0.2) is 28.4 Å². The molecule has 1 aromatic heterocycles. The van der Waals surface area contributed by atoms with Gasteiger partial charge in [-0.2, -0.15) is 4.98 Å². The van der Waals surface area contributed by atoms with Crippen molar-refractivity contribution in [1.29, 1.82) is 0 Å². The molecule has 3 aromatic rings. The predicted octanol–water partition coefficient (Wildman–Crippen LogP) is 3.63. The number of hydrogen-bond donors (Lipinski definition) is 4. The minimum absolute atomic E-state index is 0.0350. The number of ether oxygens (including phenoxy) is 1. The second kappa shape index (κ2) is 9.11. The maximum atomic E-state index is 13.0. The Morgan fingerprint density at radius 2 is 2.03 bits per heavy atom. The van der Waals surface area contributed by atoms with Crippen molar-refractivity contribution < 1.29 is 14.3 Å². The second-order valence-corrected chi connectivity index (χ2v) is 7.47. The largest absolute Gasteiger partial charge is 0.492 e. The van der Waals surface area contributed by atoms with E-state index in [0.717, 1.165) is 0 Å². The molecule has 0 spiro atoms. The number of para-hydroxylation sites is 2. The standard InChI is InChI=1S/C22H20ClN5O4/c1-2-32-16-9-4-3-8-15(16)25-20(30)14-11-17(29)26-19-18(14)21(31)28-22(27-19)24-13-7-5-6-12(23)10-13/h3-10,14H,2,11H2,1H3,(H,25,30)(H3,24,26,27,28,29,31). The highest BCUT2D eigenvalue weighted by Crippen LogP contribution is 2.32. The molecule has 32 heavy (non-hydrogen) atoms. The summed E-state index contributed by atoms with van der Waals surface area (Å²) in [4.78, 5) is 45.1. The van der Waals surface area contributed by atoms with Gasteiger partial charge < -0.3 is 20.7 Å². The van der Waals surface area contributed by atoms with Gasteiger partial charge in [0.25, 0.3) is 5.56 Å². The molecule has 1 aliphatic rings. The lowest BCUT2D eigenvalue weighted by Crippen LogP contribution is -2.36. The zero-order chi connectivity index (χ0) is 22.7. The number of anilines is 4. The predicted molar refractivity (Wildman–Crippen MR) is 122 cm³/mol. The number of amides is 2. The number of halogens is 1. The van der Waals surface area contributed by atoms with E-state index in [0.29, 0.717) is 28.8 Å². The smallest absolute Gasteiger partial charge is 0.258 e. The monoisotopic (exact) mass is 453 g/mol. The first kappa shape index (κ1) is 21.4. The number of rotatable bonds is 6. The van der Waals surface area contributed by atoms with Gasteiger partial charge in [0.2, 0.25) is 17.8 Å². The van der Waals surface area contributed by atoms with Crippen LogP contribution in [0.3, 0.4) is 0 Å². The Balaban J connectivity index is 1.63. The first-order valence-corrected chi connectivity index (χ1v) is 10.3. The number of fused-ring (bicyclic) bond motifs is 1. The molecule has 4 rings (SSSR count). The molecule has 0 saturated heterocycles. The summed E-state index contributed by atoms with van der Waals surface area (Å²) >= 11 is 5.99. The summed E-state index contributed by atoms with van der Waals surface area (Å²) in [5, 5.41) is 8.78. The van der Waals surface area contributed by atoms with Crippen LogP contribution in [0.5, 0.6) is 5.75 Å². The van der Waals surface area contributed by atoms with Crippen molar-refractivity contribution in [2.24, 2.45) is 0 Å². The van der Waals surface area contributed by atoms with Crippen LogP contribution < -0.4 is 26.2 Å². The Bertz CT molecular complexity index is 1240. The number of carbonyl (C=O) groups is 2. The van der Waals surface area contributed by atoms with E-state index >= 15 is 0 Å². The van der Waals surface area contributed by atoms with Crippen molar-refractivity contribution >= 4 is 46.6 Å². The molecule has 1 aliphatic heterocycles. The minimum atomic E-state index is -1.01. The van der Waals surface area contributed by atoms with Crippen molar-refractivity contribution in [1.82, 2.24) is 9.97 Å². The molecule has 1 atom stereocenters. The molecular formula is C22H20ClN5O4. The van der Waals surface area contributed by atoms with Crippen LogP contribution >= 0.6 is 11.6 Å². The van der Waals surface area contributed by atoms with Gasteiger partial charge in [0.05, 0.1) is 23.8 Å². The summed E-state index contributed by atoms with van der Waals surface area (Å²) in [6.45, 7) is 2.26. The van der Waals surface area contributed by atoms with Crippen LogP contribution in [-0.2, 0) is 9.59 Å². The summed E-state index contributed by atoms with van der Waals surface area (Å²) in [6, 6.07) is 13.8. The Hall–Kier alpha value is -3.85. The highest BCUT2D eigenvalue weighted by Gasteiger charge is 2.35. The molecule has 4 N–H and O–H groups in total. The molecule has 2 heterocycles. The van der Waals surface area contributed by atoms with Crippen molar-refractivity contribution in [3.63, 3.8) is 0 Å². The molecule has 164 valence electrons. The van der Waals surface area contributed by atoms with Gasteiger partial charge >= 0.3 is 0 Å². The van der Waals surface area contributed by atoms with Crippen molar-refractivity contribution in [3.05, 3.63) is 69.5 Å². The van der Waals surface area contributed by atoms with Gasteiger partial charge in [0.15, 0.2) is 0 Å². The molecule has 0 aliphatic carbocycles. The van der Waals surface area contributed by atoms with Crippen LogP contribution in [0.4, 0.5) is 23.1 Å². The van der Waals surface area contributed by atoms with Crippen LogP contribution in [0.15, 0.2) is 53.3 Å². The number of aromatic nitrogens is 2. The van der Waals surface area contributed by atoms with E-state index in [1.165, 1.54) is 0 Å². The lowest BCUT2D eigenvalue weighted by Gasteiger charge is -2.24. The van der Waals surface area contributed by atoms with Crippen LogP contribution in [0, 0.1) is 0 Å². The van der Waals surface area contributed by atoms with Gasteiger partial charge in [-0.3, -0.25) is 19.4 Å². The number of hydrogen-bond acceptors (Lipinski definition) is 6. The van der Waals surface area contributed by atoms with Gasteiger partial charge in [0, 0.05) is 17.1 Å². The molecule has 0 saturated carbocycles. The molecule has 0 fully saturated rings. The van der Waals surface area contributed by atoms with E-state index in [2.05, 4.69) is 25.9 Å². The van der Waals surface area contributed by atoms with E-state index in [9.17, 15) is 14.4 Å². The molecule has 1 unspecified atom stereocenters. The Morgan fingerprint density at radius 3 is 2.81 bits per heavy atom. The third kappa shape index (κ3) is 4.57. The fourth-order valence-corrected chi connectivity index (χ4v) is 3.62. The Kier molecular flexibility index (Phi) is 6.09. The second-order valence-electron chi connectivity index (χ2n) is 7.04. The van der Waals surface area contributed by atoms with Gasteiger partial charge in [-0.05, 0) is 37.3 Å².